The Morgan fingerprint density at radius 2 is 1.60 bits per heavy atom. The van der Waals surface area contributed by atoms with E-state index in [9.17, 15) is 0 Å². The fourth-order valence-corrected chi connectivity index (χ4v) is 2.50. The Kier molecular flexibility index (Phi) is 7.70. The summed E-state index contributed by atoms with van der Waals surface area (Å²) in [5, 5.41) is 0. The van der Waals surface area contributed by atoms with Crippen molar-refractivity contribution in [1.82, 2.24) is 0 Å². The molecule has 0 fully saturated rings. The van der Waals surface area contributed by atoms with Gasteiger partial charge in [0.05, 0.1) is 20.3 Å². The van der Waals surface area contributed by atoms with Gasteiger partial charge in [-0.15, -0.1) is 0 Å². The van der Waals surface area contributed by atoms with Crippen molar-refractivity contribution in [3.63, 3.8) is 0 Å². The molecule has 3 nitrogen and oxygen atoms in total. The summed E-state index contributed by atoms with van der Waals surface area (Å²) in [6.45, 7) is 2.18. The number of methoxy groups -OCH3 is 3. The van der Waals surface area contributed by atoms with Gasteiger partial charge in [-0.25, -0.2) is 0 Å². The third-order valence-corrected chi connectivity index (χ3v) is 3.91. The van der Waals surface area contributed by atoms with E-state index >= 15 is 0 Å². The van der Waals surface area contributed by atoms with Crippen molar-refractivity contribution < 1.29 is 14.2 Å². The van der Waals surface area contributed by atoms with Gasteiger partial charge >= 0.3 is 0 Å². The SMILES string of the molecule is CCCC(OC)C1C=C1Br.COc1ccccc1OC. The summed E-state index contributed by atoms with van der Waals surface area (Å²) < 4.78 is 16.6. The Morgan fingerprint density at radius 1 is 1.10 bits per heavy atom. The number of hydrogen-bond donors (Lipinski definition) is 0. The van der Waals surface area contributed by atoms with Crippen LogP contribution in [0.3, 0.4) is 0 Å². The van der Waals surface area contributed by atoms with Crippen molar-refractivity contribution in [2.75, 3.05) is 21.3 Å². The average Bonchev–Trinajstić information content (AvgIpc) is 3.22. The molecule has 2 rings (SSSR count). The highest BCUT2D eigenvalue weighted by atomic mass is 79.9. The second-order valence-electron chi connectivity index (χ2n) is 4.50. The maximum absolute atomic E-state index is 5.30. The number of ether oxygens (including phenoxy) is 3. The van der Waals surface area contributed by atoms with Crippen LogP contribution in [-0.4, -0.2) is 27.4 Å². The Morgan fingerprint density at radius 3 is 1.90 bits per heavy atom. The van der Waals surface area contributed by atoms with Crippen LogP contribution in [0.4, 0.5) is 0 Å². The van der Waals surface area contributed by atoms with Gasteiger partial charge in [-0.3, -0.25) is 0 Å². The van der Waals surface area contributed by atoms with Gasteiger partial charge in [-0.1, -0.05) is 47.5 Å². The molecule has 4 heteroatoms. The van der Waals surface area contributed by atoms with E-state index in [2.05, 4.69) is 28.9 Å². The highest BCUT2D eigenvalue weighted by molar-refractivity contribution is 9.12. The third kappa shape index (κ3) is 5.17. The zero-order chi connectivity index (χ0) is 15.0. The van der Waals surface area contributed by atoms with Crippen molar-refractivity contribution in [1.29, 1.82) is 0 Å². The van der Waals surface area contributed by atoms with Gasteiger partial charge in [0.2, 0.25) is 0 Å². The molecule has 0 heterocycles. The van der Waals surface area contributed by atoms with Gasteiger partial charge in [0, 0.05) is 17.5 Å². The van der Waals surface area contributed by atoms with Crippen LogP contribution >= 0.6 is 15.9 Å². The van der Waals surface area contributed by atoms with Gasteiger partial charge in [-0.05, 0) is 18.6 Å². The summed E-state index contributed by atoms with van der Waals surface area (Å²) in [6, 6.07) is 7.53. The topological polar surface area (TPSA) is 27.7 Å². The van der Waals surface area contributed by atoms with Crippen molar-refractivity contribution in [3.8, 4) is 11.5 Å². The highest BCUT2D eigenvalue weighted by Crippen LogP contribution is 2.39. The molecule has 2 atom stereocenters. The fourth-order valence-electron chi connectivity index (χ4n) is 1.92. The predicted octanol–water partition coefficient (Wildman–Crippen LogP) is 4.41. The quantitative estimate of drug-likeness (QED) is 0.766. The summed E-state index contributed by atoms with van der Waals surface area (Å²) >= 11 is 3.44. The normalized spacial score (nSPS) is 17.4. The van der Waals surface area contributed by atoms with Gasteiger partial charge in [-0.2, -0.15) is 0 Å². The van der Waals surface area contributed by atoms with Gasteiger partial charge in [0.1, 0.15) is 0 Å². The second kappa shape index (κ2) is 9.03. The predicted molar refractivity (Wildman–Crippen MR) is 85.8 cm³/mol. The van der Waals surface area contributed by atoms with Crippen LogP contribution < -0.4 is 9.47 Å². The molecule has 0 saturated carbocycles. The molecule has 1 aliphatic rings. The molecule has 1 aromatic carbocycles. The lowest BCUT2D eigenvalue weighted by atomic mass is 10.1. The van der Waals surface area contributed by atoms with Crippen LogP contribution in [0, 0.1) is 5.92 Å². The van der Waals surface area contributed by atoms with E-state index in [-0.39, 0.29) is 0 Å². The Hall–Kier alpha value is -1.00. The molecule has 0 N–H and O–H groups in total. The Labute approximate surface area is 130 Å². The molecule has 2 unspecified atom stereocenters. The first-order valence-electron chi connectivity index (χ1n) is 6.74. The Balaban J connectivity index is 0.000000200. The third-order valence-electron chi connectivity index (χ3n) is 3.11. The van der Waals surface area contributed by atoms with E-state index in [1.54, 1.807) is 21.3 Å². The lowest BCUT2D eigenvalue weighted by Crippen LogP contribution is -2.13. The maximum atomic E-state index is 5.30. The van der Waals surface area contributed by atoms with E-state index in [1.165, 1.54) is 10.9 Å². The highest BCUT2D eigenvalue weighted by Gasteiger charge is 2.30. The second-order valence-corrected chi connectivity index (χ2v) is 5.41. The zero-order valence-corrected chi connectivity index (χ0v) is 14.1. The largest absolute Gasteiger partial charge is 0.493 e. The molecule has 0 aromatic heterocycles. The van der Waals surface area contributed by atoms with Crippen LogP contribution in [0.5, 0.6) is 11.5 Å². The summed E-state index contributed by atoms with van der Waals surface area (Å²) in [4.78, 5) is 0. The molecule has 20 heavy (non-hydrogen) atoms. The van der Waals surface area contributed by atoms with E-state index in [0.29, 0.717) is 12.0 Å². The molecule has 0 saturated heterocycles. The van der Waals surface area contributed by atoms with Gasteiger partial charge in [0.15, 0.2) is 11.5 Å². The summed E-state index contributed by atoms with van der Waals surface area (Å²) in [5.74, 6) is 2.12. The first kappa shape index (κ1) is 17.1. The minimum absolute atomic E-state index is 0.416. The molecule has 0 aliphatic heterocycles. The van der Waals surface area contributed by atoms with E-state index in [0.717, 1.165) is 17.9 Å². The first-order chi connectivity index (χ1) is 9.67. The molecule has 0 bridgehead atoms. The van der Waals surface area contributed by atoms with Crippen LogP contribution in [-0.2, 0) is 4.74 Å². The van der Waals surface area contributed by atoms with Crippen LogP contribution in [0.15, 0.2) is 34.8 Å². The van der Waals surface area contributed by atoms with Crippen molar-refractivity contribution >= 4 is 15.9 Å². The smallest absolute Gasteiger partial charge is 0.160 e. The molecule has 0 spiro atoms. The van der Waals surface area contributed by atoms with Crippen LogP contribution in [0.25, 0.3) is 0 Å². The van der Waals surface area contributed by atoms with E-state index in [4.69, 9.17) is 14.2 Å². The fraction of sp³-hybridized carbons (Fsp3) is 0.500. The van der Waals surface area contributed by atoms with E-state index in [1.807, 2.05) is 24.3 Å². The number of hydrogen-bond acceptors (Lipinski definition) is 3. The summed E-state index contributed by atoms with van der Waals surface area (Å²) in [6.07, 6.45) is 4.97. The molecule has 0 amide bonds. The van der Waals surface area contributed by atoms with Crippen molar-refractivity contribution in [2.45, 2.75) is 25.9 Å². The minimum Gasteiger partial charge on any atom is -0.493 e. The summed E-state index contributed by atoms with van der Waals surface area (Å²) in [7, 11) is 5.03. The van der Waals surface area contributed by atoms with Gasteiger partial charge < -0.3 is 14.2 Å². The maximum Gasteiger partial charge on any atom is 0.160 e. The number of para-hydroxylation sites is 2. The summed E-state index contributed by atoms with van der Waals surface area (Å²) in [5.41, 5.74) is 0. The monoisotopic (exact) mass is 342 g/mol. The lowest BCUT2D eigenvalue weighted by molar-refractivity contribution is 0.0830. The number of rotatable bonds is 6. The molecular weight excluding hydrogens is 320 g/mol. The molecule has 0 radical (unpaired) electrons. The first-order valence-corrected chi connectivity index (χ1v) is 7.54. The van der Waals surface area contributed by atoms with E-state index < -0.39 is 0 Å². The number of benzene rings is 1. The minimum atomic E-state index is 0.416. The number of halogens is 1. The van der Waals surface area contributed by atoms with Crippen molar-refractivity contribution in [2.24, 2.45) is 5.92 Å². The molecule has 1 aromatic rings. The molecule has 1 aliphatic carbocycles. The lowest BCUT2D eigenvalue weighted by Gasteiger charge is -2.12. The van der Waals surface area contributed by atoms with Crippen LogP contribution in [0.2, 0.25) is 0 Å². The molecular formula is C16H23BrO3. The van der Waals surface area contributed by atoms with Gasteiger partial charge in [0.25, 0.3) is 0 Å². The average molecular weight is 343 g/mol. The van der Waals surface area contributed by atoms with Crippen molar-refractivity contribution in [3.05, 3.63) is 34.8 Å². The van der Waals surface area contributed by atoms with Crippen LogP contribution in [0.1, 0.15) is 19.8 Å². The molecule has 112 valence electrons. The zero-order valence-electron chi connectivity index (χ0n) is 12.6. The standard InChI is InChI=1S/C8H13BrO.C8H10O2/c1-3-4-8(10-2)6-5-7(6)9;1-9-7-5-3-4-6-8(7)10-2/h5-6,8H,3-4H2,1-2H3;3-6H,1-2H3. The Bertz CT molecular complexity index is 408.